The summed E-state index contributed by atoms with van der Waals surface area (Å²) in [6, 6.07) is 12.5. The van der Waals surface area contributed by atoms with E-state index in [0.29, 0.717) is 16.5 Å². The molecule has 1 atom stereocenters. The number of nitrogens with one attached hydrogen (secondary N) is 2. The van der Waals surface area contributed by atoms with Crippen LogP contribution in [0, 0.1) is 13.8 Å². The Bertz CT molecular complexity index is 1100. The van der Waals surface area contributed by atoms with Crippen molar-refractivity contribution in [3.05, 3.63) is 69.5 Å². The summed E-state index contributed by atoms with van der Waals surface area (Å²) in [5, 5.41) is 14.9. The lowest BCUT2D eigenvalue weighted by molar-refractivity contribution is -0.113. The second kappa shape index (κ2) is 10.1. The summed E-state index contributed by atoms with van der Waals surface area (Å²) < 4.78 is 2.81. The van der Waals surface area contributed by atoms with E-state index in [9.17, 15) is 9.59 Å². The molecule has 2 aromatic carbocycles. The van der Waals surface area contributed by atoms with Gasteiger partial charge in [0.2, 0.25) is 5.91 Å². The average molecular weight is 502 g/mol. The van der Waals surface area contributed by atoms with Crippen molar-refractivity contribution >= 4 is 45.2 Å². The van der Waals surface area contributed by atoms with Crippen LogP contribution in [0.5, 0.6) is 0 Å². The Kier molecular flexibility index (Phi) is 7.50. The van der Waals surface area contributed by atoms with Gasteiger partial charge < -0.3 is 15.2 Å². The van der Waals surface area contributed by atoms with E-state index in [1.54, 1.807) is 16.7 Å². The van der Waals surface area contributed by atoms with Crippen molar-refractivity contribution in [2.24, 2.45) is 7.05 Å². The zero-order valence-electron chi connectivity index (χ0n) is 17.8. The zero-order valence-corrected chi connectivity index (χ0v) is 20.2. The summed E-state index contributed by atoms with van der Waals surface area (Å²) in [7, 11) is 1.82. The second-order valence-electron chi connectivity index (χ2n) is 7.14. The van der Waals surface area contributed by atoms with Crippen molar-refractivity contribution in [1.29, 1.82) is 0 Å². The van der Waals surface area contributed by atoms with Crippen molar-refractivity contribution in [2.75, 3.05) is 11.1 Å². The van der Waals surface area contributed by atoms with Crippen molar-refractivity contribution in [2.45, 2.75) is 32.0 Å². The van der Waals surface area contributed by atoms with Crippen LogP contribution in [-0.2, 0) is 11.8 Å². The minimum absolute atomic E-state index is 0.121. The smallest absolute Gasteiger partial charge is 0.251 e. The Morgan fingerprint density at radius 3 is 2.52 bits per heavy atom. The Morgan fingerprint density at radius 2 is 1.81 bits per heavy atom. The van der Waals surface area contributed by atoms with Crippen LogP contribution in [0.1, 0.15) is 40.3 Å². The predicted molar refractivity (Wildman–Crippen MR) is 126 cm³/mol. The lowest BCUT2D eigenvalue weighted by Gasteiger charge is -2.14. The molecule has 0 saturated heterocycles. The third-order valence-corrected chi connectivity index (χ3v) is 6.85. The molecule has 0 aliphatic carbocycles. The van der Waals surface area contributed by atoms with Gasteiger partial charge in [0.25, 0.3) is 5.91 Å². The zero-order chi connectivity index (χ0) is 22.5. The molecule has 31 heavy (non-hydrogen) atoms. The fraction of sp³-hybridized carbons (Fsp3) is 0.273. The number of nitrogens with zero attached hydrogens (tertiary/aromatic N) is 3. The van der Waals surface area contributed by atoms with E-state index >= 15 is 0 Å². The van der Waals surface area contributed by atoms with E-state index in [0.717, 1.165) is 21.3 Å². The topological polar surface area (TPSA) is 88.9 Å². The van der Waals surface area contributed by atoms with Crippen LogP contribution in [0.15, 0.2) is 52.1 Å². The first kappa shape index (κ1) is 23.0. The first-order valence-electron chi connectivity index (χ1n) is 9.71. The number of thioether (sulfide) groups is 1. The molecule has 3 rings (SSSR count). The number of halogens is 1. The molecule has 0 saturated carbocycles. The summed E-state index contributed by atoms with van der Waals surface area (Å²) in [5.74, 6) is 0.520. The maximum Gasteiger partial charge on any atom is 0.251 e. The van der Waals surface area contributed by atoms with Crippen LogP contribution in [0.4, 0.5) is 5.69 Å². The van der Waals surface area contributed by atoms with Crippen LogP contribution < -0.4 is 10.6 Å². The van der Waals surface area contributed by atoms with Crippen molar-refractivity contribution in [3.8, 4) is 0 Å². The Morgan fingerprint density at radius 1 is 1.10 bits per heavy atom. The Balaban J connectivity index is 1.59. The molecule has 0 fully saturated rings. The molecule has 0 spiro atoms. The fourth-order valence-electron chi connectivity index (χ4n) is 3.00. The molecular weight excluding hydrogens is 478 g/mol. The molecule has 1 aromatic heterocycles. The summed E-state index contributed by atoms with van der Waals surface area (Å²) in [6.45, 7) is 5.83. The highest BCUT2D eigenvalue weighted by atomic mass is 79.9. The summed E-state index contributed by atoms with van der Waals surface area (Å²) in [4.78, 5) is 24.8. The van der Waals surface area contributed by atoms with Gasteiger partial charge in [-0.25, -0.2) is 0 Å². The number of rotatable bonds is 7. The number of hydrogen-bond acceptors (Lipinski definition) is 5. The molecular formula is C22H24BrN5O2S. The fourth-order valence-corrected chi connectivity index (χ4v) is 4.15. The number of carbonyl (C=O) groups excluding carboxylic acids is 2. The van der Waals surface area contributed by atoms with E-state index in [2.05, 4.69) is 36.8 Å². The standard InChI is InChI=1S/C22H24BrN5O2S/c1-13-14(2)18(11-10-17(13)23)25-19(29)12-31-22-27-26-20(28(22)4)15(3)24-21(30)16-8-6-5-7-9-16/h5-11,15H,12H2,1-4H3,(H,24,30)(H,25,29)/t15-/m0/s1. The van der Waals surface area contributed by atoms with Gasteiger partial charge in [0.1, 0.15) is 0 Å². The van der Waals surface area contributed by atoms with Crippen LogP contribution in [0.2, 0.25) is 0 Å². The molecule has 3 aromatic rings. The molecule has 9 heteroatoms. The lowest BCUT2D eigenvalue weighted by atomic mass is 10.1. The molecule has 0 aliphatic heterocycles. The molecule has 0 aliphatic rings. The minimum Gasteiger partial charge on any atom is -0.342 e. The van der Waals surface area contributed by atoms with Crippen molar-refractivity contribution < 1.29 is 9.59 Å². The number of benzene rings is 2. The van der Waals surface area contributed by atoms with Gasteiger partial charge in [0.05, 0.1) is 11.8 Å². The maximum absolute atomic E-state index is 12.4. The highest BCUT2D eigenvalue weighted by Crippen LogP contribution is 2.26. The first-order chi connectivity index (χ1) is 14.8. The number of hydrogen-bond donors (Lipinski definition) is 2. The number of anilines is 1. The number of carbonyl (C=O) groups is 2. The van der Waals surface area contributed by atoms with Gasteiger partial charge in [-0.3, -0.25) is 9.59 Å². The third kappa shape index (κ3) is 5.54. The van der Waals surface area contributed by atoms with Crippen molar-refractivity contribution in [1.82, 2.24) is 20.1 Å². The highest BCUT2D eigenvalue weighted by molar-refractivity contribution is 9.10. The molecule has 1 heterocycles. The maximum atomic E-state index is 12.4. The van der Waals surface area contributed by atoms with Crippen molar-refractivity contribution in [3.63, 3.8) is 0 Å². The van der Waals surface area contributed by atoms with Gasteiger partial charge in [-0.1, -0.05) is 45.9 Å². The number of aromatic nitrogens is 3. The van der Waals surface area contributed by atoms with Gasteiger partial charge in [0, 0.05) is 22.8 Å². The Hall–Kier alpha value is -2.65. The molecule has 2 amide bonds. The van der Waals surface area contributed by atoms with Gasteiger partial charge in [-0.15, -0.1) is 10.2 Å². The molecule has 162 valence electrons. The minimum atomic E-state index is -0.332. The normalized spacial score (nSPS) is 11.8. The molecule has 0 bridgehead atoms. The van der Waals surface area contributed by atoms with Gasteiger partial charge in [0.15, 0.2) is 11.0 Å². The van der Waals surface area contributed by atoms with Crippen LogP contribution in [0.25, 0.3) is 0 Å². The molecule has 0 unspecified atom stereocenters. The molecule has 0 radical (unpaired) electrons. The third-order valence-electron chi connectivity index (χ3n) is 4.97. The van der Waals surface area contributed by atoms with Gasteiger partial charge in [-0.2, -0.15) is 0 Å². The van der Waals surface area contributed by atoms with E-state index in [4.69, 9.17) is 0 Å². The van der Waals surface area contributed by atoms with Gasteiger partial charge in [-0.05, 0) is 56.2 Å². The molecule has 2 N–H and O–H groups in total. The first-order valence-corrected chi connectivity index (χ1v) is 11.5. The summed E-state index contributed by atoms with van der Waals surface area (Å²) in [6.07, 6.45) is 0. The van der Waals surface area contributed by atoms with E-state index < -0.39 is 0 Å². The highest BCUT2D eigenvalue weighted by Gasteiger charge is 2.19. The lowest BCUT2D eigenvalue weighted by Crippen LogP contribution is -2.28. The largest absolute Gasteiger partial charge is 0.342 e. The Labute approximate surface area is 194 Å². The predicted octanol–water partition coefficient (Wildman–Crippen LogP) is 4.42. The average Bonchev–Trinajstić information content (AvgIpc) is 3.13. The van der Waals surface area contributed by atoms with E-state index in [-0.39, 0.29) is 23.6 Å². The van der Waals surface area contributed by atoms with Gasteiger partial charge >= 0.3 is 0 Å². The van der Waals surface area contributed by atoms with Crippen LogP contribution >= 0.6 is 27.7 Å². The van der Waals surface area contributed by atoms with Crippen LogP contribution in [-0.4, -0.2) is 32.3 Å². The van der Waals surface area contributed by atoms with E-state index in [1.165, 1.54) is 11.8 Å². The molecule has 7 nitrogen and oxygen atoms in total. The monoisotopic (exact) mass is 501 g/mol. The SMILES string of the molecule is Cc1c(Br)ccc(NC(=O)CSc2nnc([C@H](C)NC(=O)c3ccccc3)n2C)c1C. The van der Waals surface area contributed by atoms with Crippen LogP contribution in [0.3, 0.4) is 0 Å². The quantitative estimate of drug-likeness (QED) is 0.467. The van der Waals surface area contributed by atoms with E-state index in [1.807, 2.05) is 58.2 Å². The summed E-state index contributed by atoms with van der Waals surface area (Å²) >= 11 is 4.79. The summed E-state index contributed by atoms with van der Waals surface area (Å²) in [5.41, 5.74) is 3.50. The number of amides is 2. The second-order valence-corrected chi connectivity index (χ2v) is 8.94.